The molecule has 0 saturated carbocycles. The number of halogens is 1. The van der Waals surface area contributed by atoms with Crippen LogP contribution in [0.5, 0.6) is 0 Å². The van der Waals surface area contributed by atoms with Gasteiger partial charge < -0.3 is 14.9 Å². The SMILES string of the molecule is Cc1nc(C(=O)Nc2cccc(Cl)c2C(=O)O)no1. The standard InChI is InChI=1S/C11H8ClN3O4/c1-5-13-9(15-19-5)10(16)14-7-4-2-3-6(12)8(7)11(17)18/h2-4H,1H3,(H,14,16)(H,17,18). The summed E-state index contributed by atoms with van der Waals surface area (Å²) < 4.78 is 4.66. The van der Waals surface area contributed by atoms with Crippen LogP contribution in [0.2, 0.25) is 5.02 Å². The minimum Gasteiger partial charge on any atom is -0.478 e. The molecule has 2 rings (SSSR count). The van der Waals surface area contributed by atoms with E-state index in [1.165, 1.54) is 25.1 Å². The largest absolute Gasteiger partial charge is 0.478 e. The van der Waals surface area contributed by atoms with Gasteiger partial charge in [0.15, 0.2) is 0 Å². The van der Waals surface area contributed by atoms with Crippen LogP contribution in [0.25, 0.3) is 0 Å². The number of aromatic nitrogens is 2. The molecule has 1 amide bonds. The highest BCUT2D eigenvalue weighted by atomic mass is 35.5. The predicted molar refractivity (Wildman–Crippen MR) is 65.4 cm³/mol. The van der Waals surface area contributed by atoms with Gasteiger partial charge in [-0.3, -0.25) is 4.79 Å². The maximum absolute atomic E-state index is 11.8. The zero-order valence-corrected chi connectivity index (χ0v) is 10.4. The molecule has 0 bridgehead atoms. The molecule has 8 heteroatoms. The molecule has 1 aromatic carbocycles. The molecule has 1 aromatic heterocycles. The number of aryl methyl sites for hydroxylation is 1. The molecule has 0 spiro atoms. The smallest absolute Gasteiger partial charge is 0.339 e. The van der Waals surface area contributed by atoms with E-state index in [9.17, 15) is 9.59 Å². The monoisotopic (exact) mass is 281 g/mol. The van der Waals surface area contributed by atoms with Gasteiger partial charge in [-0.05, 0) is 12.1 Å². The lowest BCUT2D eigenvalue weighted by molar-refractivity contribution is 0.0698. The molecule has 0 unspecified atom stereocenters. The first-order valence-corrected chi connectivity index (χ1v) is 5.50. The Kier molecular flexibility index (Phi) is 3.48. The van der Waals surface area contributed by atoms with Crippen molar-refractivity contribution in [3.63, 3.8) is 0 Å². The fraction of sp³-hybridized carbons (Fsp3) is 0.0909. The number of hydrogen-bond acceptors (Lipinski definition) is 5. The second kappa shape index (κ2) is 5.07. The van der Waals surface area contributed by atoms with Crippen molar-refractivity contribution in [1.29, 1.82) is 0 Å². The molecule has 0 aliphatic carbocycles. The molecule has 0 saturated heterocycles. The van der Waals surface area contributed by atoms with Crippen molar-refractivity contribution in [3.8, 4) is 0 Å². The third-order valence-corrected chi connectivity index (χ3v) is 2.52. The van der Waals surface area contributed by atoms with Crippen molar-refractivity contribution in [3.05, 3.63) is 40.5 Å². The topological polar surface area (TPSA) is 105 Å². The van der Waals surface area contributed by atoms with E-state index in [1.54, 1.807) is 0 Å². The molecule has 0 fully saturated rings. The van der Waals surface area contributed by atoms with Crippen LogP contribution in [0.1, 0.15) is 26.9 Å². The highest BCUT2D eigenvalue weighted by molar-refractivity contribution is 6.34. The number of anilines is 1. The van der Waals surface area contributed by atoms with Crippen LogP contribution < -0.4 is 5.32 Å². The Morgan fingerprint density at radius 1 is 1.42 bits per heavy atom. The first-order valence-electron chi connectivity index (χ1n) is 5.12. The van der Waals surface area contributed by atoms with Crippen molar-refractivity contribution in [2.24, 2.45) is 0 Å². The predicted octanol–water partition coefficient (Wildman–Crippen LogP) is 1.98. The van der Waals surface area contributed by atoms with E-state index in [0.29, 0.717) is 0 Å². The van der Waals surface area contributed by atoms with E-state index in [2.05, 4.69) is 20.0 Å². The molecule has 1 heterocycles. The number of aromatic carboxylic acids is 1. The zero-order chi connectivity index (χ0) is 14.0. The third-order valence-electron chi connectivity index (χ3n) is 2.21. The summed E-state index contributed by atoms with van der Waals surface area (Å²) in [5, 5.41) is 14.9. The summed E-state index contributed by atoms with van der Waals surface area (Å²) in [7, 11) is 0. The lowest BCUT2D eigenvalue weighted by Crippen LogP contribution is -2.16. The van der Waals surface area contributed by atoms with Crippen molar-refractivity contribution < 1.29 is 19.2 Å². The lowest BCUT2D eigenvalue weighted by atomic mass is 10.1. The molecular formula is C11H8ClN3O4. The maximum Gasteiger partial charge on any atom is 0.339 e. The fourth-order valence-corrected chi connectivity index (χ4v) is 1.67. The number of nitrogens with one attached hydrogen (secondary N) is 1. The zero-order valence-electron chi connectivity index (χ0n) is 9.68. The summed E-state index contributed by atoms with van der Waals surface area (Å²) in [5.41, 5.74) is -0.134. The normalized spacial score (nSPS) is 10.2. The lowest BCUT2D eigenvalue weighted by Gasteiger charge is -2.07. The van der Waals surface area contributed by atoms with E-state index in [-0.39, 0.29) is 28.0 Å². The summed E-state index contributed by atoms with van der Waals surface area (Å²) in [6.45, 7) is 1.53. The van der Waals surface area contributed by atoms with Gasteiger partial charge in [0.25, 0.3) is 11.7 Å². The molecule has 0 aliphatic rings. The highest BCUT2D eigenvalue weighted by Crippen LogP contribution is 2.24. The minimum atomic E-state index is -1.25. The fourth-order valence-electron chi connectivity index (χ4n) is 1.42. The molecule has 98 valence electrons. The Bertz CT molecular complexity index is 653. The van der Waals surface area contributed by atoms with E-state index in [4.69, 9.17) is 16.7 Å². The molecule has 0 radical (unpaired) electrons. The molecule has 0 atom stereocenters. The van der Waals surface area contributed by atoms with Crippen LogP contribution in [-0.2, 0) is 0 Å². The number of carboxylic acid groups (broad SMARTS) is 1. The van der Waals surface area contributed by atoms with E-state index in [1.807, 2.05) is 0 Å². The number of carbonyl (C=O) groups excluding carboxylic acids is 1. The van der Waals surface area contributed by atoms with Gasteiger partial charge in [0.1, 0.15) is 5.56 Å². The molecule has 19 heavy (non-hydrogen) atoms. The number of rotatable bonds is 3. The average molecular weight is 282 g/mol. The van der Waals surface area contributed by atoms with Crippen molar-refractivity contribution >= 4 is 29.2 Å². The van der Waals surface area contributed by atoms with Crippen molar-refractivity contribution in [2.75, 3.05) is 5.32 Å². The molecule has 7 nitrogen and oxygen atoms in total. The Hall–Kier alpha value is -2.41. The third kappa shape index (κ3) is 2.71. The first-order chi connectivity index (χ1) is 8.99. The maximum atomic E-state index is 11.8. The van der Waals surface area contributed by atoms with E-state index < -0.39 is 11.9 Å². The molecule has 2 aromatic rings. The van der Waals surface area contributed by atoms with Crippen molar-refractivity contribution in [1.82, 2.24) is 10.1 Å². The number of carbonyl (C=O) groups is 2. The minimum absolute atomic E-state index is 0.0228. The van der Waals surface area contributed by atoms with Gasteiger partial charge in [0, 0.05) is 6.92 Å². The summed E-state index contributed by atoms with van der Waals surface area (Å²) >= 11 is 5.78. The van der Waals surface area contributed by atoms with Gasteiger partial charge in [0.2, 0.25) is 5.89 Å². The van der Waals surface area contributed by atoms with E-state index >= 15 is 0 Å². The van der Waals surface area contributed by atoms with Gasteiger partial charge in [-0.15, -0.1) is 0 Å². The second-order valence-electron chi connectivity index (χ2n) is 3.56. The molecule has 2 N–H and O–H groups in total. The van der Waals surface area contributed by atoms with Crippen molar-refractivity contribution in [2.45, 2.75) is 6.92 Å². The van der Waals surface area contributed by atoms with Gasteiger partial charge in [-0.25, -0.2) is 4.79 Å². The second-order valence-corrected chi connectivity index (χ2v) is 3.97. The highest BCUT2D eigenvalue weighted by Gasteiger charge is 2.19. The van der Waals surface area contributed by atoms with Gasteiger partial charge in [-0.1, -0.05) is 22.8 Å². The van der Waals surface area contributed by atoms with Crippen LogP contribution in [0.4, 0.5) is 5.69 Å². The van der Waals surface area contributed by atoms with E-state index in [0.717, 1.165) is 0 Å². The van der Waals surface area contributed by atoms with Crippen LogP contribution in [0.3, 0.4) is 0 Å². The first kappa shape index (κ1) is 13.0. The Labute approximate surface area is 112 Å². The molecular weight excluding hydrogens is 274 g/mol. The Balaban J connectivity index is 2.31. The summed E-state index contributed by atoms with van der Waals surface area (Å²) in [6, 6.07) is 4.35. The Morgan fingerprint density at radius 3 is 2.74 bits per heavy atom. The number of benzene rings is 1. The van der Waals surface area contributed by atoms with Crippen LogP contribution >= 0.6 is 11.6 Å². The molecule has 0 aliphatic heterocycles. The van der Waals surface area contributed by atoms with Crippen LogP contribution in [0.15, 0.2) is 22.7 Å². The van der Waals surface area contributed by atoms with Crippen LogP contribution in [-0.4, -0.2) is 27.1 Å². The number of nitrogens with zero attached hydrogens (tertiary/aromatic N) is 2. The summed E-state index contributed by atoms with van der Waals surface area (Å²) in [6.07, 6.45) is 0. The van der Waals surface area contributed by atoms with Crippen LogP contribution in [0, 0.1) is 6.92 Å². The van der Waals surface area contributed by atoms with Gasteiger partial charge >= 0.3 is 5.97 Å². The number of carboxylic acids is 1. The summed E-state index contributed by atoms with van der Waals surface area (Å²) in [5.74, 6) is -1.88. The Morgan fingerprint density at radius 2 is 2.16 bits per heavy atom. The average Bonchev–Trinajstić information content (AvgIpc) is 2.75. The summed E-state index contributed by atoms with van der Waals surface area (Å²) in [4.78, 5) is 26.6. The number of hydrogen-bond donors (Lipinski definition) is 2. The number of amides is 1. The van der Waals surface area contributed by atoms with Gasteiger partial charge in [-0.2, -0.15) is 4.98 Å². The van der Waals surface area contributed by atoms with Gasteiger partial charge in [0.05, 0.1) is 10.7 Å². The quantitative estimate of drug-likeness (QED) is 0.891.